The standard InChI is InChI=1S/C13H11FINO/c14-12-6-9(4-5-13(12)16)8-17-11-3-1-2-10(15)7-11/h1-7H,8,16H2. The molecule has 0 saturated heterocycles. The fourth-order valence-corrected chi connectivity index (χ4v) is 1.90. The molecule has 2 aromatic carbocycles. The Bertz CT molecular complexity index is 531. The molecule has 2 rings (SSSR count). The summed E-state index contributed by atoms with van der Waals surface area (Å²) in [5.41, 5.74) is 6.31. The van der Waals surface area contributed by atoms with Crippen LogP contribution in [0.3, 0.4) is 0 Å². The summed E-state index contributed by atoms with van der Waals surface area (Å²) in [4.78, 5) is 0. The second kappa shape index (κ2) is 5.35. The predicted molar refractivity (Wildman–Crippen MR) is 74.3 cm³/mol. The van der Waals surface area contributed by atoms with Crippen LogP contribution in [0.5, 0.6) is 5.75 Å². The first kappa shape index (κ1) is 12.2. The summed E-state index contributed by atoms with van der Waals surface area (Å²) in [5, 5.41) is 0. The maximum absolute atomic E-state index is 13.2. The zero-order valence-electron chi connectivity index (χ0n) is 8.99. The van der Waals surface area contributed by atoms with Gasteiger partial charge in [-0.2, -0.15) is 0 Å². The summed E-state index contributed by atoms with van der Waals surface area (Å²) in [6, 6.07) is 12.4. The summed E-state index contributed by atoms with van der Waals surface area (Å²) in [6.45, 7) is 0.331. The Labute approximate surface area is 113 Å². The predicted octanol–water partition coefficient (Wildman–Crippen LogP) is 3.59. The third kappa shape index (κ3) is 3.33. The zero-order valence-corrected chi connectivity index (χ0v) is 11.1. The van der Waals surface area contributed by atoms with Crippen molar-refractivity contribution >= 4 is 28.3 Å². The molecule has 0 aliphatic carbocycles. The highest BCUT2D eigenvalue weighted by atomic mass is 127. The molecule has 0 atom stereocenters. The second-order valence-corrected chi connectivity index (χ2v) is 4.85. The summed E-state index contributed by atoms with van der Waals surface area (Å²) < 4.78 is 19.8. The van der Waals surface area contributed by atoms with Crippen LogP contribution in [0, 0.1) is 9.39 Å². The molecular formula is C13H11FINO. The molecule has 0 aliphatic rings. The van der Waals surface area contributed by atoms with Crippen LogP contribution >= 0.6 is 22.6 Å². The number of rotatable bonds is 3. The molecule has 88 valence electrons. The van der Waals surface area contributed by atoms with Crippen LogP contribution in [0.2, 0.25) is 0 Å². The van der Waals surface area contributed by atoms with Crippen molar-refractivity contribution in [3.8, 4) is 5.75 Å². The lowest BCUT2D eigenvalue weighted by Crippen LogP contribution is -1.98. The highest BCUT2D eigenvalue weighted by Gasteiger charge is 2.01. The molecule has 0 radical (unpaired) electrons. The Morgan fingerprint density at radius 2 is 2.00 bits per heavy atom. The number of nitrogen functional groups attached to an aromatic ring is 1. The van der Waals surface area contributed by atoms with Crippen LogP contribution in [0.4, 0.5) is 10.1 Å². The minimum Gasteiger partial charge on any atom is -0.489 e. The largest absolute Gasteiger partial charge is 0.489 e. The molecule has 0 amide bonds. The van der Waals surface area contributed by atoms with Gasteiger partial charge in [0.05, 0.1) is 5.69 Å². The van der Waals surface area contributed by atoms with E-state index in [1.54, 1.807) is 12.1 Å². The molecule has 0 aromatic heterocycles. The molecule has 0 unspecified atom stereocenters. The van der Waals surface area contributed by atoms with Gasteiger partial charge < -0.3 is 10.5 Å². The SMILES string of the molecule is Nc1ccc(COc2cccc(I)c2)cc1F. The highest BCUT2D eigenvalue weighted by Crippen LogP contribution is 2.17. The molecule has 2 N–H and O–H groups in total. The van der Waals surface area contributed by atoms with Gasteiger partial charge in [0.15, 0.2) is 0 Å². The molecule has 4 heteroatoms. The summed E-state index contributed by atoms with van der Waals surface area (Å²) >= 11 is 2.21. The maximum Gasteiger partial charge on any atom is 0.146 e. The van der Waals surface area contributed by atoms with Crippen LogP contribution in [-0.4, -0.2) is 0 Å². The molecule has 0 saturated carbocycles. The van der Waals surface area contributed by atoms with Gasteiger partial charge in [-0.05, 0) is 58.5 Å². The van der Waals surface area contributed by atoms with Gasteiger partial charge in [-0.25, -0.2) is 4.39 Å². The first-order valence-electron chi connectivity index (χ1n) is 5.07. The van der Waals surface area contributed by atoms with E-state index in [9.17, 15) is 4.39 Å². The Morgan fingerprint density at radius 1 is 1.18 bits per heavy atom. The number of hydrogen-bond donors (Lipinski definition) is 1. The van der Waals surface area contributed by atoms with Crippen molar-refractivity contribution in [3.05, 3.63) is 57.4 Å². The van der Waals surface area contributed by atoms with Gasteiger partial charge in [-0.15, -0.1) is 0 Å². The van der Waals surface area contributed by atoms with E-state index >= 15 is 0 Å². The van der Waals surface area contributed by atoms with Gasteiger partial charge in [0, 0.05) is 3.57 Å². The van der Waals surface area contributed by atoms with Gasteiger partial charge in [0.2, 0.25) is 0 Å². The lowest BCUT2D eigenvalue weighted by Gasteiger charge is -2.07. The molecule has 0 spiro atoms. The number of halogens is 2. The van der Waals surface area contributed by atoms with Crippen LogP contribution in [0.25, 0.3) is 0 Å². The van der Waals surface area contributed by atoms with Gasteiger partial charge in [0.25, 0.3) is 0 Å². The van der Waals surface area contributed by atoms with E-state index in [4.69, 9.17) is 10.5 Å². The Morgan fingerprint density at radius 3 is 2.71 bits per heavy atom. The molecule has 0 heterocycles. The average Bonchev–Trinajstić information content (AvgIpc) is 2.31. The summed E-state index contributed by atoms with van der Waals surface area (Å²) in [5.74, 6) is 0.364. The number of nitrogens with two attached hydrogens (primary N) is 1. The Balaban J connectivity index is 2.05. The fourth-order valence-electron chi connectivity index (χ4n) is 1.38. The Kier molecular flexibility index (Phi) is 3.83. The fraction of sp³-hybridized carbons (Fsp3) is 0.0769. The van der Waals surface area contributed by atoms with Gasteiger partial charge in [-0.1, -0.05) is 12.1 Å². The van der Waals surface area contributed by atoms with Gasteiger partial charge >= 0.3 is 0 Å². The van der Waals surface area contributed by atoms with Crippen molar-refractivity contribution in [2.24, 2.45) is 0 Å². The van der Waals surface area contributed by atoms with Crippen molar-refractivity contribution in [1.82, 2.24) is 0 Å². The van der Waals surface area contributed by atoms with E-state index < -0.39 is 5.82 Å². The first-order chi connectivity index (χ1) is 8.15. The number of hydrogen-bond acceptors (Lipinski definition) is 2. The molecule has 0 fully saturated rings. The minimum absolute atomic E-state index is 0.156. The summed E-state index contributed by atoms with van der Waals surface area (Å²) in [6.07, 6.45) is 0. The number of benzene rings is 2. The van der Waals surface area contributed by atoms with Crippen LogP contribution in [0.1, 0.15) is 5.56 Å². The van der Waals surface area contributed by atoms with Gasteiger partial charge in [0.1, 0.15) is 18.2 Å². The summed E-state index contributed by atoms with van der Waals surface area (Å²) in [7, 11) is 0. The van der Waals surface area contributed by atoms with E-state index in [1.165, 1.54) is 6.07 Å². The van der Waals surface area contributed by atoms with Crippen LogP contribution in [-0.2, 0) is 6.61 Å². The lowest BCUT2D eigenvalue weighted by atomic mass is 10.2. The van der Waals surface area contributed by atoms with E-state index in [-0.39, 0.29) is 5.69 Å². The van der Waals surface area contributed by atoms with Crippen molar-refractivity contribution in [1.29, 1.82) is 0 Å². The average molecular weight is 343 g/mol. The molecule has 0 bridgehead atoms. The van der Waals surface area contributed by atoms with Crippen molar-refractivity contribution in [2.75, 3.05) is 5.73 Å². The van der Waals surface area contributed by atoms with Crippen molar-refractivity contribution < 1.29 is 9.13 Å². The van der Waals surface area contributed by atoms with E-state index in [1.807, 2.05) is 24.3 Å². The third-order valence-corrected chi connectivity index (χ3v) is 2.94. The van der Waals surface area contributed by atoms with Gasteiger partial charge in [-0.3, -0.25) is 0 Å². The van der Waals surface area contributed by atoms with Crippen molar-refractivity contribution in [3.63, 3.8) is 0 Å². The topological polar surface area (TPSA) is 35.2 Å². The highest BCUT2D eigenvalue weighted by molar-refractivity contribution is 14.1. The Hall–Kier alpha value is -1.30. The molecule has 2 nitrogen and oxygen atoms in total. The minimum atomic E-state index is -0.409. The van der Waals surface area contributed by atoms with E-state index in [0.29, 0.717) is 6.61 Å². The molecule has 0 aliphatic heterocycles. The first-order valence-corrected chi connectivity index (χ1v) is 6.15. The third-order valence-electron chi connectivity index (χ3n) is 2.27. The molecular weight excluding hydrogens is 332 g/mol. The number of anilines is 1. The van der Waals surface area contributed by atoms with Crippen LogP contribution < -0.4 is 10.5 Å². The zero-order chi connectivity index (χ0) is 12.3. The van der Waals surface area contributed by atoms with E-state index in [2.05, 4.69) is 22.6 Å². The molecule has 17 heavy (non-hydrogen) atoms. The van der Waals surface area contributed by atoms with Crippen molar-refractivity contribution in [2.45, 2.75) is 6.61 Å². The van der Waals surface area contributed by atoms with Crippen LogP contribution in [0.15, 0.2) is 42.5 Å². The molecule has 2 aromatic rings. The normalized spacial score (nSPS) is 10.2. The second-order valence-electron chi connectivity index (χ2n) is 3.60. The lowest BCUT2D eigenvalue weighted by molar-refractivity contribution is 0.305. The maximum atomic E-state index is 13.2. The van der Waals surface area contributed by atoms with E-state index in [0.717, 1.165) is 14.9 Å². The number of ether oxygens (including phenoxy) is 1. The quantitative estimate of drug-likeness (QED) is 0.683. The monoisotopic (exact) mass is 343 g/mol. The smallest absolute Gasteiger partial charge is 0.146 e.